The van der Waals surface area contributed by atoms with Gasteiger partial charge in [-0.1, -0.05) is 30.7 Å². The molecule has 1 aromatic carbocycles. The second kappa shape index (κ2) is 8.33. The second-order valence-electron chi connectivity index (χ2n) is 6.33. The Kier molecular flexibility index (Phi) is 5.88. The van der Waals surface area contributed by atoms with E-state index in [4.69, 9.17) is 11.6 Å². The lowest BCUT2D eigenvalue weighted by Crippen LogP contribution is -2.33. The number of rotatable bonds is 6. The standard InChI is InChI=1S/C20H21ClN4O2/c1-3-24(13-19(26)23-17-10-15(21)8-7-14(17)2)12-16-11-20(27)25-9-5-4-6-18(25)22-16/h4-11H,3,12-13H2,1-2H3,(H,23,26). The van der Waals surface area contributed by atoms with Crippen molar-refractivity contribution in [2.24, 2.45) is 0 Å². The first-order valence-electron chi connectivity index (χ1n) is 8.72. The number of hydrogen-bond acceptors (Lipinski definition) is 4. The number of anilines is 1. The molecule has 0 spiro atoms. The second-order valence-corrected chi connectivity index (χ2v) is 6.76. The van der Waals surface area contributed by atoms with Gasteiger partial charge in [0.1, 0.15) is 5.65 Å². The van der Waals surface area contributed by atoms with Crippen molar-refractivity contribution in [1.82, 2.24) is 14.3 Å². The molecule has 0 aliphatic heterocycles. The molecule has 6 nitrogen and oxygen atoms in total. The van der Waals surface area contributed by atoms with E-state index in [0.717, 1.165) is 5.56 Å². The van der Waals surface area contributed by atoms with E-state index in [1.165, 1.54) is 10.5 Å². The topological polar surface area (TPSA) is 66.7 Å². The van der Waals surface area contributed by atoms with E-state index in [0.29, 0.717) is 35.1 Å². The summed E-state index contributed by atoms with van der Waals surface area (Å²) in [7, 11) is 0. The van der Waals surface area contributed by atoms with Gasteiger partial charge < -0.3 is 5.32 Å². The van der Waals surface area contributed by atoms with Gasteiger partial charge in [0.2, 0.25) is 5.91 Å². The number of halogens is 1. The number of benzene rings is 1. The zero-order chi connectivity index (χ0) is 19.4. The molecule has 3 rings (SSSR count). The highest BCUT2D eigenvalue weighted by atomic mass is 35.5. The van der Waals surface area contributed by atoms with Crippen molar-refractivity contribution in [2.75, 3.05) is 18.4 Å². The Labute approximate surface area is 162 Å². The zero-order valence-corrected chi connectivity index (χ0v) is 16.0. The maximum Gasteiger partial charge on any atom is 0.258 e. The van der Waals surface area contributed by atoms with Gasteiger partial charge in [0.25, 0.3) is 5.56 Å². The molecule has 0 aliphatic rings. The summed E-state index contributed by atoms with van der Waals surface area (Å²) in [6.07, 6.45) is 1.69. The number of fused-ring (bicyclic) bond motifs is 1. The highest BCUT2D eigenvalue weighted by Crippen LogP contribution is 2.20. The molecule has 1 N–H and O–H groups in total. The van der Waals surface area contributed by atoms with Crippen molar-refractivity contribution < 1.29 is 4.79 Å². The van der Waals surface area contributed by atoms with Gasteiger partial charge in [0.05, 0.1) is 12.2 Å². The molecule has 0 fully saturated rings. The molecule has 0 saturated heterocycles. The quantitative estimate of drug-likeness (QED) is 0.709. The minimum Gasteiger partial charge on any atom is -0.325 e. The highest BCUT2D eigenvalue weighted by molar-refractivity contribution is 6.31. The van der Waals surface area contributed by atoms with Crippen LogP contribution in [0.4, 0.5) is 5.69 Å². The summed E-state index contributed by atoms with van der Waals surface area (Å²) in [6, 6.07) is 12.3. The number of aromatic nitrogens is 2. The number of likely N-dealkylation sites (N-methyl/N-ethyl adjacent to an activating group) is 1. The van der Waals surface area contributed by atoms with Crippen LogP contribution in [0.15, 0.2) is 53.5 Å². The van der Waals surface area contributed by atoms with Crippen LogP contribution in [0.3, 0.4) is 0 Å². The summed E-state index contributed by atoms with van der Waals surface area (Å²) < 4.78 is 1.49. The van der Waals surface area contributed by atoms with Gasteiger partial charge in [0.15, 0.2) is 0 Å². The molecule has 0 unspecified atom stereocenters. The number of carbonyl (C=O) groups is 1. The Hall–Kier alpha value is -2.70. The van der Waals surface area contributed by atoms with Crippen molar-refractivity contribution in [3.05, 3.63) is 75.3 Å². The van der Waals surface area contributed by atoms with Crippen molar-refractivity contribution >= 4 is 28.8 Å². The average Bonchev–Trinajstić information content (AvgIpc) is 2.64. The van der Waals surface area contributed by atoms with Gasteiger partial charge in [-0.15, -0.1) is 0 Å². The van der Waals surface area contributed by atoms with Crippen LogP contribution in [0, 0.1) is 6.92 Å². The lowest BCUT2D eigenvalue weighted by atomic mass is 10.2. The lowest BCUT2D eigenvalue weighted by molar-refractivity contribution is -0.117. The third kappa shape index (κ3) is 4.72. The maximum atomic E-state index is 12.4. The van der Waals surface area contributed by atoms with Gasteiger partial charge in [0, 0.05) is 29.5 Å². The fraction of sp³-hybridized carbons (Fsp3) is 0.250. The van der Waals surface area contributed by atoms with E-state index in [2.05, 4.69) is 10.3 Å². The van der Waals surface area contributed by atoms with Crippen molar-refractivity contribution in [3.63, 3.8) is 0 Å². The Bertz CT molecular complexity index is 1030. The summed E-state index contributed by atoms with van der Waals surface area (Å²) in [5, 5.41) is 3.46. The third-order valence-corrected chi connectivity index (χ3v) is 4.53. The molecule has 3 aromatic rings. The number of hydrogen-bond donors (Lipinski definition) is 1. The van der Waals surface area contributed by atoms with Gasteiger partial charge in [-0.25, -0.2) is 4.98 Å². The third-order valence-electron chi connectivity index (χ3n) is 4.30. The average molecular weight is 385 g/mol. The Morgan fingerprint density at radius 1 is 1.26 bits per heavy atom. The largest absolute Gasteiger partial charge is 0.325 e. The minimum absolute atomic E-state index is 0.134. The van der Waals surface area contributed by atoms with E-state index in [1.54, 1.807) is 30.5 Å². The van der Waals surface area contributed by atoms with Crippen LogP contribution in [-0.4, -0.2) is 33.3 Å². The van der Waals surface area contributed by atoms with E-state index < -0.39 is 0 Å². The number of amides is 1. The first-order chi connectivity index (χ1) is 13.0. The normalized spacial score (nSPS) is 11.1. The number of nitrogens with zero attached hydrogens (tertiary/aromatic N) is 3. The van der Waals surface area contributed by atoms with E-state index in [-0.39, 0.29) is 18.0 Å². The van der Waals surface area contributed by atoms with E-state index in [9.17, 15) is 9.59 Å². The summed E-state index contributed by atoms with van der Waals surface area (Å²) in [5.41, 5.74) is 2.74. The molecule has 1 amide bonds. The van der Waals surface area contributed by atoms with E-state index >= 15 is 0 Å². The Morgan fingerprint density at radius 3 is 2.85 bits per heavy atom. The highest BCUT2D eigenvalue weighted by Gasteiger charge is 2.13. The molecule has 27 heavy (non-hydrogen) atoms. The first kappa shape index (κ1) is 19.1. The van der Waals surface area contributed by atoms with Crippen LogP contribution >= 0.6 is 11.6 Å². The van der Waals surface area contributed by atoms with Crippen LogP contribution in [0.5, 0.6) is 0 Å². The summed E-state index contributed by atoms with van der Waals surface area (Å²) in [6.45, 7) is 5.14. The molecule has 140 valence electrons. The lowest BCUT2D eigenvalue weighted by Gasteiger charge is -2.20. The van der Waals surface area contributed by atoms with Gasteiger partial charge >= 0.3 is 0 Å². The van der Waals surface area contributed by atoms with Crippen LogP contribution in [0.25, 0.3) is 5.65 Å². The van der Waals surface area contributed by atoms with Gasteiger partial charge in [-0.2, -0.15) is 0 Å². The van der Waals surface area contributed by atoms with Crippen LogP contribution in [0.2, 0.25) is 5.02 Å². The number of carbonyl (C=O) groups excluding carboxylic acids is 1. The molecule has 0 saturated carbocycles. The molecular weight excluding hydrogens is 364 g/mol. The predicted molar refractivity (Wildman–Crippen MR) is 107 cm³/mol. The Balaban J connectivity index is 1.71. The molecule has 2 aromatic heterocycles. The number of nitrogens with one attached hydrogen (secondary N) is 1. The number of pyridine rings is 1. The predicted octanol–water partition coefficient (Wildman–Crippen LogP) is 3.12. The zero-order valence-electron chi connectivity index (χ0n) is 15.3. The van der Waals surface area contributed by atoms with Crippen molar-refractivity contribution in [3.8, 4) is 0 Å². The van der Waals surface area contributed by atoms with Gasteiger partial charge in [-0.3, -0.25) is 18.9 Å². The van der Waals surface area contributed by atoms with Crippen LogP contribution in [0.1, 0.15) is 18.2 Å². The summed E-state index contributed by atoms with van der Waals surface area (Å²) in [4.78, 5) is 31.1. The van der Waals surface area contributed by atoms with E-state index in [1.807, 2.05) is 30.9 Å². The summed E-state index contributed by atoms with van der Waals surface area (Å²) >= 11 is 6.00. The molecule has 7 heteroatoms. The van der Waals surface area contributed by atoms with Crippen LogP contribution in [-0.2, 0) is 11.3 Å². The smallest absolute Gasteiger partial charge is 0.258 e. The first-order valence-corrected chi connectivity index (χ1v) is 9.09. The van der Waals surface area contributed by atoms with Crippen molar-refractivity contribution in [2.45, 2.75) is 20.4 Å². The SMILES string of the molecule is CCN(CC(=O)Nc1cc(Cl)ccc1C)Cc1cc(=O)n2ccccc2n1. The summed E-state index contributed by atoms with van der Waals surface area (Å²) in [5.74, 6) is -0.139. The van der Waals surface area contributed by atoms with Crippen molar-refractivity contribution in [1.29, 1.82) is 0 Å². The fourth-order valence-corrected chi connectivity index (χ4v) is 2.99. The Morgan fingerprint density at radius 2 is 2.07 bits per heavy atom. The number of aryl methyl sites for hydroxylation is 1. The fourth-order valence-electron chi connectivity index (χ4n) is 2.81. The maximum absolute atomic E-state index is 12.4. The molecule has 0 atom stereocenters. The molecule has 0 bridgehead atoms. The molecule has 0 radical (unpaired) electrons. The van der Waals surface area contributed by atoms with Crippen LogP contribution < -0.4 is 10.9 Å². The molecule has 2 heterocycles. The van der Waals surface area contributed by atoms with Gasteiger partial charge in [-0.05, 0) is 43.3 Å². The monoisotopic (exact) mass is 384 g/mol. The molecule has 0 aliphatic carbocycles. The molecular formula is C20H21ClN4O2. The minimum atomic E-state index is -0.139.